The smallest absolute Gasteiger partial charge is 0.328 e. The van der Waals surface area contributed by atoms with Gasteiger partial charge in [-0.1, -0.05) is 12.8 Å². The second kappa shape index (κ2) is 5.34. The molecule has 17 heavy (non-hydrogen) atoms. The second-order valence-electron chi connectivity index (χ2n) is 4.96. The van der Waals surface area contributed by atoms with Gasteiger partial charge in [0.2, 0.25) is 5.91 Å². The summed E-state index contributed by atoms with van der Waals surface area (Å²) in [6.07, 6.45) is 9.24. The Morgan fingerprint density at radius 2 is 1.76 bits per heavy atom. The van der Waals surface area contributed by atoms with E-state index in [0.29, 0.717) is 12.0 Å². The summed E-state index contributed by atoms with van der Waals surface area (Å²) in [5, 5.41) is 8.53. The molecule has 1 amide bonds. The number of amides is 1. The number of carboxylic acid groups (broad SMARTS) is 1. The molecule has 94 valence electrons. The van der Waals surface area contributed by atoms with Gasteiger partial charge in [-0.2, -0.15) is 0 Å². The average molecular weight is 237 g/mol. The minimum atomic E-state index is -1.06. The van der Waals surface area contributed by atoms with E-state index in [9.17, 15) is 9.59 Å². The summed E-state index contributed by atoms with van der Waals surface area (Å²) in [6.45, 7) is 0.782. The molecular weight excluding hydrogens is 218 g/mol. The molecule has 2 aliphatic rings. The third-order valence-electron chi connectivity index (χ3n) is 3.89. The Labute approximate surface area is 101 Å². The lowest BCUT2D eigenvalue weighted by Gasteiger charge is -2.28. The zero-order valence-electron chi connectivity index (χ0n) is 9.97. The number of nitrogens with zero attached hydrogens (tertiary/aromatic N) is 1. The first-order valence-corrected chi connectivity index (χ1v) is 6.40. The topological polar surface area (TPSA) is 57.6 Å². The zero-order chi connectivity index (χ0) is 12.3. The van der Waals surface area contributed by atoms with Crippen molar-refractivity contribution in [2.75, 3.05) is 6.54 Å². The van der Waals surface area contributed by atoms with Gasteiger partial charge in [0.05, 0.1) is 0 Å². The van der Waals surface area contributed by atoms with Crippen LogP contribution in [0.5, 0.6) is 0 Å². The van der Waals surface area contributed by atoms with Crippen LogP contribution in [0.15, 0.2) is 12.2 Å². The summed E-state index contributed by atoms with van der Waals surface area (Å²) in [6, 6.07) is 0.350. The van der Waals surface area contributed by atoms with E-state index in [0.717, 1.165) is 25.5 Å². The van der Waals surface area contributed by atoms with Gasteiger partial charge in [0.25, 0.3) is 0 Å². The fourth-order valence-electron chi connectivity index (χ4n) is 3.14. The summed E-state index contributed by atoms with van der Waals surface area (Å²) >= 11 is 0. The molecule has 1 saturated carbocycles. The lowest BCUT2D eigenvalue weighted by Crippen LogP contribution is -2.38. The Hall–Kier alpha value is -1.32. The van der Waals surface area contributed by atoms with Gasteiger partial charge in [0.1, 0.15) is 0 Å². The highest BCUT2D eigenvalue weighted by molar-refractivity contribution is 5.94. The molecule has 0 aromatic carbocycles. The molecule has 0 bridgehead atoms. The molecule has 1 heterocycles. The van der Waals surface area contributed by atoms with Crippen LogP contribution >= 0.6 is 0 Å². The molecule has 1 atom stereocenters. The fraction of sp³-hybridized carbons (Fsp3) is 0.692. The van der Waals surface area contributed by atoms with Crippen molar-refractivity contribution < 1.29 is 14.7 Å². The van der Waals surface area contributed by atoms with E-state index in [1.165, 1.54) is 31.8 Å². The first-order valence-electron chi connectivity index (χ1n) is 6.40. The Morgan fingerprint density at radius 1 is 1.06 bits per heavy atom. The van der Waals surface area contributed by atoms with Gasteiger partial charge in [-0.25, -0.2) is 4.79 Å². The molecule has 4 nitrogen and oxygen atoms in total. The summed E-state index contributed by atoms with van der Waals surface area (Å²) in [4.78, 5) is 24.2. The van der Waals surface area contributed by atoms with Crippen LogP contribution in [-0.2, 0) is 9.59 Å². The number of likely N-dealkylation sites (tertiary alicyclic amines) is 1. The van der Waals surface area contributed by atoms with E-state index in [-0.39, 0.29) is 5.91 Å². The minimum Gasteiger partial charge on any atom is -0.478 e. The number of hydrogen-bond acceptors (Lipinski definition) is 2. The summed E-state index contributed by atoms with van der Waals surface area (Å²) in [7, 11) is 0. The monoisotopic (exact) mass is 237 g/mol. The van der Waals surface area contributed by atoms with Crippen LogP contribution in [0.2, 0.25) is 0 Å². The van der Waals surface area contributed by atoms with Crippen LogP contribution in [0.3, 0.4) is 0 Å². The Bertz CT molecular complexity index is 332. The van der Waals surface area contributed by atoms with Crippen molar-refractivity contribution in [2.45, 2.75) is 44.6 Å². The molecule has 1 aliphatic carbocycles. The third-order valence-corrected chi connectivity index (χ3v) is 3.89. The van der Waals surface area contributed by atoms with Crippen LogP contribution in [0.4, 0.5) is 0 Å². The van der Waals surface area contributed by atoms with Crippen molar-refractivity contribution in [3.63, 3.8) is 0 Å². The van der Waals surface area contributed by atoms with E-state index >= 15 is 0 Å². The maximum atomic E-state index is 11.9. The van der Waals surface area contributed by atoms with E-state index in [2.05, 4.69) is 0 Å². The van der Waals surface area contributed by atoms with Crippen molar-refractivity contribution in [3.8, 4) is 0 Å². The Morgan fingerprint density at radius 3 is 2.41 bits per heavy atom. The van der Waals surface area contributed by atoms with Crippen LogP contribution in [0.25, 0.3) is 0 Å². The van der Waals surface area contributed by atoms with Gasteiger partial charge in [0, 0.05) is 24.7 Å². The number of carbonyl (C=O) groups excluding carboxylic acids is 1. The van der Waals surface area contributed by atoms with E-state index in [1.807, 2.05) is 4.90 Å². The van der Waals surface area contributed by atoms with Crippen molar-refractivity contribution in [1.29, 1.82) is 0 Å². The van der Waals surface area contributed by atoms with E-state index in [4.69, 9.17) is 5.11 Å². The zero-order valence-corrected chi connectivity index (χ0v) is 9.97. The second-order valence-corrected chi connectivity index (χ2v) is 4.96. The molecule has 0 aromatic rings. The SMILES string of the molecule is O=C(O)C=CC(=O)N1CCCC1C1CCCC1. The van der Waals surface area contributed by atoms with Crippen LogP contribution in [-0.4, -0.2) is 34.5 Å². The molecule has 1 saturated heterocycles. The largest absolute Gasteiger partial charge is 0.478 e. The van der Waals surface area contributed by atoms with Crippen molar-refractivity contribution in [3.05, 3.63) is 12.2 Å². The number of carbonyl (C=O) groups is 2. The minimum absolute atomic E-state index is 0.137. The lowest BCUT2D eigenvalue weighted by molar-refractivity contribution is -0.132. The standard InChI is InChI=1S/C13H19NO3/c15-12(7-8-13(16)17)14-9-3-6-11(14)10-4-1-2-5-10/h7-8,10-11H,1-6,9H2,(H,16,17). The quantitative estimate of drug-likeness (QED) is 0.761. The summed E-state index contributed by atoms with van der Waals surface area (Å²) < 4.78 is 0. The van der Waals surface area contributed by atoms with E-state index < -0.39 is 5.97 Å². The van der Waals surface area contributed by atoms with Gasteiger partial charge in [-0.15, -0.1) is 0 Å². The van der Waals surface area contributed by atoms with Crippen LogP contribution in [0.1, 0.15) is 38.5 Å². The number of hydrogen-bond donors (Lipinski definition) is 1. The molecule has 1 N–H and O–H groups in total. The Balaban J connectivity index is 1.98. The van der Waals surface area contributed by atoms with E-state index in [1.54, 1.807) is 0 Å². The average Bonchev–Trinajstić information content (AvgIpc) is 2.94. The first-order chi connectivity index (χ1) is 8.18. The summed E-state index contributed by atoms with van der Waals surface area (Å²) in [5.41, 5.74) is 0. The van der Waals surface area contributed by atoms with Crippen molar-refractivity contribution in [1.82, 2.24) is 4.90 Å². The highest BCUT2D eigenvalue weighted by Crippen LogP contribution is 2.35. The lowest BCUT2D eigenvalue weighted by atomic mass is 9.96. The molecule has 0 spiro atoms. The number of carboxylic acids is 1. The molecule has 4 heteroatoms. The predicted octanol–water partition coefficient (Wildman–Crippen LogP) is 1.81. The van der Waals surface area contributed by atoms with Crippen molar-refractivity contribution in [2.24, 2.45) is 5.92 Å². The van der Waals surface area contributed by atoms with Gasteiger partial charge in [0.15, 0.2) is 0 Å². The molecular formula is C13H19NO3. The predicted molar refractivity (Wildman–Crippen MR) is 63.5 cm³/mol. The Kier molecular flexibility index (Phi) is 3.82. The van der Waals surface area contributed by atoms with Gasteiger partial charge in [-0.3, -0.25) is 4.79 Å². The molecule has 0 radical (unpaired) electrons. The molecule has 0 aromatic heterocycles. The summed E-state index contributed by atoms with van der Waals surface area (Å²) in [5.74, 6) is -0.559. The van der Waals surface area contributed by atoms with Gasteiger partial charge in [-0.05, 0) is 31.6 Å². The highest BCUT2D eigenvalue weighted by Gasteiger charge is 2.34. The number of rotatable bonds is 3. The number of aliphatic carboxylic acids is 1. The fourth-order valence-corrected chi connectivity index (χ4v) is 3.14. The maximum Gasteiger partial charge on any atom is 0.328 e. The first kappa shape index (κ1) is 12.1. The molecule has 2 fully saturated rings. The third kappa shape index (κ3) is 2.87. The van der Waals surface area contributed by atoms with Crippen LogP contribution < -0.4 is 0 Å². The highest BCUT2D eigenvalue weighted by atomic mass is 16.4. The van der Waals surface area contributed by atoms with Gasteiger partial charge < -0.3 is 10.0 Å². The molecule has 1 aliphatic heterocycles. The van der Waals surface area contributed by atoms with Gasteiger partial charge >= 0.3 is 5.97 Å². The van der Waals surface area contributed by atoms with Crippen LogP contribution in [0, 0.1) is 5.92 Å². The molecule has 2 rings (SSSR count). The molecule has 1 unspecified atom stereocenters. The van der Waals surface area contributed by atoms with Crippen molar-refractivity contribution >= 4 is 11.9 Å². The normalized spacial score (nSPS) is 25.9. The maximum absolute atomic E-state index is 11.9.